The predicted octanol–water partition coefficient (Wildman–Crippen LogP) is 0.969. The molecule has 1 saturated carbocycles. The summed E-state index contributed by atoms with van der Waals surface area (Å²) in [5.74, 6) is 0.826. The number of rotatable bonds is 1. The van der Waals surface area contributed by atoms with Gasteiger partial charge in [0.25, 0.3) is 0 Å². The number of hydrogen-bond acceptors (Lipinski definition) is 3. The zero-order chi connectivity index (χ0) is 8.39. The minimum absolute atomic E-state index is 0.769. The van der Waals surface area contributed by atoms with Crippen LogP contribution in [-0.2, 0) is 4.84 Å². The van der Waals surface area contributed by atoms with Crippen LogP contribution in [0, 0.1) is 5.92 Å². The molecule has 2 rings (SSSR count). The first-order chi connectivity index (χ1) is 5.90. The lowest BCUT2D eigenvalue weighted by Gasteiger charge is -2.40. The van der Waals surface area contributed by atoms with Crippen molar-refractivity contribution >= 4 is 0 Å². The average Bonchev–Trinajstić information content (AvgIpc) is 2.17. The van der Waals surface area contributed by atoms with Crippen molar-refractivity contribution in [2.45, 2.75) is 31.7 Å². The molecule has 0 spiro atoms. The molecule has 2 unspecified atom stereocenters. The highest BCUT2D eigenvalue weighted by atomic mass is 16.7. The standard InChI is InChI=1S/C9H18N2O/c1-12-11-6-8-4-2-3-5-9(8)10-7-11/h8-10H,2-7H2,1H3. The van der Waals surface area contributed by atoms with Crippen molar-refractivity contribution in [3.63, 3.8) is 0 Å². The molecule has 2 atom stereocenters. The van der Waals surface area contributed by atoms with E-state index in [2.05, 4.69) is 5.32 Å². The van der Waals surface area contributed by atoms with Crippen LogP contribution in [0.2, 0.25) is 0 Å². The van der Waals surface area contributed by atoms with E-state index in [0.29, 0.717) is 0 Å². The van der Waals surface area contributed by atoms with Gasteiger partial charge >= 0.3 is 0 Å². The Hall–Kier alpha value is -0.120. The molecule has 2 aliphatic rings. The molecule has 70 valence electrons. The Balaban J connectivity index is 1.90. The van der Waals surface area contributed by atoms with Gasteiger partial charge in [-0.15, -0.1) is 0 Å². The van der Waals surface area contributed by atoms with Gasteiger partial charge in [0.2, 0.25) is 0 Å². The maximum absolute atomic E-state index is 5.21. The van der Waals surface area contributed by atoms with Crippen LogP contribution in [-0.4, -0.2) is 31.4 Å². The van der Waals surface area contributed by atoms with E-state index in [-0.39, 0.29) is 0 Å². The fraction of sp³-hybridized carbons (Fsp3) is 1.00. The minimum atomic E-state index is 0.769. The van der Waals surface area contributed by atoms with Crippen LogP contribution >= 0.6 is 0 Å². The quantitative estimate of drug-likeness (QED) is 0.634. The van der Waals surface area contributed by atoms with E-state index in [1.54, 1.807) is 7.11 Å². The molecule has 1 aliphatic heterocycles. The summed E-state index contributed by atoms with van der Waals surface area (Å²) in [6.07, 6.45) is 5.54. The third-order valence-corrected chi connectivity index (χ3v) is 3.14. The number of fused-ring (bicyclic) bond motifs is 1. The van der Waals surface area contributed by atoms with E-state index >= 15 is 0 Å². The zero-order valence-electron chi connectivity index (χ0n) is 7.75. The van der Waals surface area contributed by atoms with Crippen LogP contribution in [0.3, 0.4) is 0 Å². The number of hydroxylamine groups is 2. The van der Waals surface area contributed by atoms with E-state index in [0.717, 1.165) is 25.2 Å². The Kier molecular flexibility index (Phi) is 2.63. The summed E-state index contributed by atoms with van der Waals surface area (Å²) in [6, 6.07) is 0.769. The van der Waals surface area contributed by atoms with Gasteiger partial charge in [0.15, 0.2) is 0 Å². The lowest BCUT2D eigenvalue weighted by Crippen LogP contribution is -2.53. The van der Waals surface area contributed by atoms with Crippen LogP contribution in [0.25, 0.3) is 0 Å². The summed E-state index contributed by atoms with van der Waals surface area (Å²) >= 11 is 0. The smallest absolute Gasteiger partial charge is 0.0733 e. The van der Waals surface area contributed by atoms with Gasteiger partial charge in [0.1, 0.15) is 0 Å². The minimum Gasteiger partial charge on any atom is -0.301 e. The molecule has 12 heavy (non-hydrogen) atoms. The summed E-state index contributed by atoms with van der Waals surface area (Å²) in [5.41, 5.74) is 0. The fourth-order valence-corrected chi connectivity index (χ4v) is 2.38. The molecule has 0 aromatic heterocycles. The molecule has 1 N–H and O–H groups in total. The monoisotopic (exact) mass is 170 g/mol. The lowest BCUT2D eigenvalue weighted by molar-refractivity contribution is -0.166. The highest BCUT2D eigenvalue weighted by Gasteiger charge is 2.30. The van der Waals surface area contributed by atoms with E-state index < -0.39 is 0 Å². The number of nitrogens with one attached hydrogen (secondary N) is 1. The predicted molar refractivity (Wildman–Crippen MR) is 47.5 cm³/mol. The Morgan fingerprint density at radius 1 is 1.33 bits per heavy atom. The number of nitrogens with zero attached hydrogens (tertiary/aromatic N) is 1. The SMILES string of the molecule is CON1CNC2CCCCC2C1. The van der Waals surface area contributed by atoms with Gasteiger partial charge in [-0.25, -0.2) is 0 Å². The summed E-state index contributed by atoms with van der Waals surface area (Å²) in [6.45, 7) is 2.02. The van der Waals surface area contributed by atoms with Gasteiger partial charge in [-0.1, -0.05) is 12.8 Å². The van der Waals surface area contributed by atoms with Crippen LogP contribution in [0.1, 0.15) is 25.7 Å². The van der Waals surface area contributed by atoms with Crippen LogP contribution < -0.4 is 5.32 Å². The van der Waals surface area contributed by atoms with Crippen molar-refractivity contribution < 1.29 is 4.84 Å². The topological polar surface area (TPSA) is 24.5 Å². The maximum Gasteiger partial charge on any atom is 0.0733 e. The maximum atomic E-state index is 5.21. The molecule has 0 aromatic rings. The molecule has 1 heterocycles. The van der Waals surface area contributed by atoms with Gasteiger partial charge in [0.05, 0.1) is 13.8 Å². The molecular formula is C9H18N2O. The van der Waals surface area contributed by atoms with Gasteiger partial charge in [-0.05, 0) is 18.8 Å². The molecule has 1 saturated heterocycles. The summed E-state index contributed by atoms with van der Waals surface area (Å²) in [7, 11) is 1.75. The van der Waals surface area contributed by atoms with Crippen LogP contribution in [0.4, 0.5) is 0 Å². The number of hydrogen-bond donors (Lipinski definition) is 1. The van der Waals surface area contributed by atoms with E-state index in [9.17, 15) is 0 Å². The van der Waals surface area contributed by atoms with Crippen molar-refractivity contribution in [2.24, 2.45) is 5.92 Å². The molecule has 3 nitrogen and oxygen atoms in total. The summed E-state index contributed by atoms with van der Waals surface area (Å²) < 4.78 is 0. The van der Waals surface area contributed by atoms with E-state index in [4.69, 9.17) is 4.84 Å². The highest BCUT2D eigenvalue weighted by molar-refractivity contribution is 4.84. The average molecular weight is 170 g/mol. The van der Waals surface area contributed by atoms with Crippen molar-refractivity contribution in [2.75, 3.05) is 20.3 Å². The Bertz CT molecular complexity index is 151. The molecule has 0 radical (unpaired) electrons. The zero-order valence-corrected chi connectivity index (χ0v) is 7.75. The molecule has 2 fully saturated rings. The Morgan fingerprint density at radius 2 is 2.17 bits per heavy atom. The second-order valence-corrected chi connectivity index (χ2v) is 3.86. The Labute approximate surface area is 74.0 Å². The summed E-state index contributed by atoms with van der Waals surface area (Å²) in [5, 5.41) is 5.54. The van der Waals surface area contributed by atoms with E-state index in [1.165, 1.54) is 25.7 Å². The molecule has 0 bridgehead atoms. The van der Waals surface area contributed by atoms with Gasteiger partial charge in [-0.2, -0.15) is 5.06 Å². The molecule has 1 aliphatic carbocycles. The first kappa shape index (κ1) is 8.48. The largest absolute Gasteiger partial charge is 0.301 e. The van der Waals surface area contributed by atoms with Crippen LogP contribution in [0.5, 0.6) is 0 Å². The van der Waals surface area contributed by atoms with Crippen molar-refractivity contribution in [3.05, 3.63) is 0 Å². The van der Waals surface area contributed by atoms with Gasteiger partial charge < -0.3 is 4.84 Å². The van der Waals surface area contributed by atoms with Crippen molar-refractivity contribution in [1.29, 1.82) is 0 Å². The molecule has 0 aromatic carbocycles. The highest BCUT2D eigenvalue weighted by Crippen LogP contribution is 2.27. The normalized spacial score (nSPS) is 37.8. The molecule has 3 heteroatoms. The van der Waals surface area contributed by atoms with E-state index in [1.807, 2.05) is 5.06 Å². The fourth-order valence-electron chi connectivity index (χ4n) is 2.38. The summed E-state index contributed by atoms with van der Waals surface area (Å²) in [4.78, 5) is 5.21. The lowest BCUT2D eigenvalue weighted by atomic mass is 9.83. The first-order valence-corrected chi connectivity index (χ1v) is 4.92. The molecule has 0 amide bonds. The van der Waals surface area contributed by atoms with Crippen LogP contribution in [0.15, 0.2) is 0 Å². The van der Waals surface area contributed by atoms with Gasteiger partial charge in [0, 0.05) is 12.6 Å². The second kappa shape index (κ2) is 3.73. The van der Waals surface area contributed by atoms with Crippen molar-refractivity contribution in [1.82, 2.24) is 10.4 Å². The third kappa shape index (κ3) is 1.63. The van der Waals surface area contributed by atoms with Crippen molar-refractivity contribution in [3.8, 4) is 0 Å². The van der Waals surface area contributed by atoms with Gasteiger partial charge in [-0.3, -0.25) is 5.32 Å². The first-order valence-electron chi connectivity index (χ1n) is 4.92. The Morgan fingerprint density at radius 3 is 3.00 bits per heavy atom. The second-order valence-electron chi connectivity index (χ2n) is 3.86. The molecular weight excluding hydrogens is 152 g/mol. The third-order valence-electron chi connectivity index (χ3n) is 3.14.